The maximum Gasteiger partial charge on any atom is 0.289 e. The van der Waals surface area contributed by atoms with E-state index in [9.17, 15) is 9.18 Å². The van der Waals surface area contributed by atoms with Crippen LogP contribution in [0.25, 0.3) is 33.2 Å². The molecule has 0 spiro atoms. The quantitative estimate of drug-likeness (QED) is 0.163. The second-order valence-electron chi connectivity index (χ2n) is 12.0. The van der Waals surface area contributed by atoms with Gasteiger partial charge in [0.05, 0.1) is 28.3 Å². The summed E-state index contributed by atoms with van der Waals surface area (Å²) in [7, 11) is 0. The third-order valence-corrected chi connectivity index (χ3v) is 9.08. The predicted octanol–water partition coefficient (Wildman–Crippen LogP) is 8.44. The molecule has 0 aliphatic heterocycles. The van der Waals surface area contributed by atoms with Gasteiger partial charge in [-0.2, -0.15) is 0 Å². The van der Waals surface area contributed by atoms with E-state index in [1.54, 1.807) is 24.5 Å². The van der Waals surface area contributed by atoms with E-state index < -0.39 is 11.4 Å². The van der Waals surface area contributed by atoms with E-state index in [0.29, 0.717) is 11.0 Å². The number of halogens is 1. The van der Waals surface area contributed by atoms with Crippen molar-refractivity contribution >= 4 is 27.8 Å². The number of H-pyrrole nitrogens is 1. The number of aromatic amines is 1. The number of imidazole rings is 1. The fourth-order valence-corrected chi connectivity index (χ4v) is 6.74. The topological polar surface area (TPSA) is 88.5 Å². The molecule has 2 N–H and O–H groups in total. The number of nitrogens with zero attached hydrogens (tertiary/aromatic N) is 4. The molecule has 1 atom stereocenters. The van der Waals surface area contributed by atoms with Crippen LogP contribution >= 0.6 is 0 Å². The Morgan fingerprint density at radius 3 is 1.82 bits per heavy atom. The Labute approximate surface area is 282 Å². The number of hydrogen-bond donors (Lipinski definition) is 2. The Hall–Kier alpha value is -6.41. The Bertz CT molecular complexity index is 2290. The molecule has 1 unspecified atom stereocenters. The molecule has 8 rings (SSSR count). The van der Waals surface area contributed by atoms with Crippen LogP contribution in [0.15, 0.2) is 152 Å². The van der Waals surface area contributed by atoms with Crippen LogP contribution in [0, 0.1) is 5.82 Å². The molecule has 0 aliphatic carbocycles. The fraction of sp³-hybridized carbons (Fsp3) is 0.0732. The van der Waals surface area contributed by atoms with Crippen molar-refractivity contribution in [3.05, 3.63) is 186 Å². The maximum absolute atomic E-state index is 13.5. The zero-order valence-corrected chi connectivity index (χ0v) is 26.6. The number of aromatic nitrogens is 5. The minimum atomic E-state index is -0.828. The van der Waals surface area contributed by atoms with Crippen LogP contribution in [0.5, 0.6) is 0 Å². The molecular formula is C41H31FN6O. The fourth-order valence-electron chi connectivity index (χ4n) is 6.74. The highest BCUT2D eigenvalue weighted by Crippen LogP contribution is 2.44. The molecule has 238 valence electrons. The summed E-state index contributed by atoms with van der Waals surface area (Å²) in [4.78, 5) is 27.1. The van der Waals surface area contributed by atoms with Crippen LogP contribution in [0.2, 0.25) is 0 Å². The van der Waals surface area contributed by atoms with Crippen LogP contribution in [-0.2, 0) is 5.54 Å². The second-order valence-corrected chi connectivity index (χ2v) is 12.0. The first kappa shape index (κ1) is 30.0. The Balaban J connectivity index is 1.37. The molecule has 7 nitrogen and oxygen atoms in total. The minimum Gasteiger partial charge on any atom is -0.343 e. The summed E-state index contributed by atoms with van der Waals surface area (Å²) in [6.07, 6.45) is 3.55. The highest BCUT2D eigenvalue weighted by Gasteiger charge is 2.40. The lowest BCUT2D eigenvalue weighted by Gasteiger charge is -2.37. The van der Waals surface area contributed by atoms with Crippen LogP contribution in [0.1, 0.15) is 45.8 Å². The lowest BCUT2D eigenvalue weighted by Crippen LogP contribution is -2.38. The number of pyridine rings is 1. The standard InChI is InChI=1S/C41H31FN6O/c1-27(28-17-19-33(42)20-18-28)44-40(49)39-45-35-25-34-37(26-36(35)46-39)48(47-38(34)29-21-23-43-24-22-29)41(30-11-5-2-6-12-30,31-13-7-3-8-14-31)32-15-9-4-10-16-32/h2-27,47H,1H3,(H,44,49). The van der Waals surface area contributed by atoms with Gasteiger partial charge < -0.3 is 5.32 Å². The van der Waals surface area contributed by atoms with Crippen LogP contribution in [0.3, 0.4) is 0 Å². The monoisotopic (exact) mass is 642 g/mol. The molecule has 8 aromatic rings. The summed E-state index contributed by atoms with van der Waals surface area (Å²) >= 11 is 0. The zero-order valence-electron chi connectivity index (χ0n) is 26.6. The number of nitrogens with one attached hydrogen (secondary N) is 2. The maximum atomic E-state index is 13.5. The first-order valence-electron chi connectivity index (χ1n) is 16.1. The average molecular weight is 643 g/mol. The smallest absolute Gasteiger partial charge is 0.289 e. The lowest BCUT2D eigenvalue weighted by molar-refractivity contribution is 0.0930. The van der Waals surface area contributed by atoms with Gasteiger partial charge in [-0.1, -0.05) is 103 Å². The van der Waals surface area contributed by atoms with Crippen LogP contribution in [-0.4, -0.2) is 30.6 Å². The van der Waals surface area contributed by atoms with E-state index >= 15 is 0 Å². The Morgan fingerprint density at radius 2 is 1.27 bits per heavy atom. The molecule has 1 amide bonds. The minimum absolute atomic E-state index is 0.0676. The van der Waals surface area contributed by atoms with Crippen molar-refractivity contribution < 1.29 is 9.18 Å². The number of rotatable bonds is 8. The largest absolute Gasteiger partial charge is 0.343 e. The molecule has 3 aromatic heterocycles. The van der Waals surface area contributed by atoms with Gasteiger partial charge in [0.1, 0.15) is 11.4 Å². The molecule has 0 radical (unpaired) electrons. The first-order chi connectivity index (χ1) is 24.0. The summed E-state index contributed by atoms with van der Waals surface area (Å²) in [6, 6.07) is 45.0. The van der Waals surface area contributed by atoms with Crippen LogP contribution in [0.4, 0.5) is 4.39 Å². The molecule has 3 heterocycles. The van der Waals surface area contributed by atoms with Crippen LogP contribution < -0.4 is 5.32 Å². The summed E-state index contributed by atoms with van der Waals surface area (Å²) in [5.41, 5.74) is 7.02. The second kappa shape index (κ2) is 12.3. The third kappa shape index (κ3) is 5.23. The summed E-state index contributed by atoms with van der Waals surface area (Å²) in [5.74, 6) is -0.671. The van der Waals surface area contributed by atoms with E-state index in [0.717, 1.165) is 44.4 Å². The van der Waals surface area contributed by atoms with Gasteiger partial charge in [0.15, 0.2) is 0 Å². The molecule has 8 heteroatoms. The van der Waals surface area contributed by atoms with E-state index in [1.165, 1.54) is 12.1 Å². The van der Waals surface area contributed by atoms with E-state index in [-0.39, 0.29) is 17.7 Å². The SMILES string of the molecule is CC(NC(=O)c1nc2cc3c(-c4ccncc4)[nH]n(C(c4ccccc4)(c4ccccc4)c4ccccc4)c3cc2n1)c1ccc(F)cc1. The van der Waals surface area contributed by atoms with E-state index in [1.807, 2.05) is 49.4 Å². The number of amides is 1. The highest BCUT2D eigenvalue weighted by molar-refractivity contribution is 6.03. The van der Waals surface area contributed by atoms with E-state index in [4.69, 9.17) is 4.98 Å². The van der Waals surface area contributed by atoms with Gasteiger partial charge in [-0.05, 0) is 65.6 Å². The van der Waals surface area contributed by atoms with Gasteiger partial charge in [-0.15, -0.1) is 0 Å². The summed E-state index contributed by atoms with van der Waals surface area (Å²) in [6.45, 7) is 1.85. The normalized spacial score (nSPS) is 12.3. The molecule has 0 aliphatic rings. The van der Waals surface area contributed by atoms with Gasteiger partial charge in [-0.25, -0.2) is 14.4 Å². The van der Waals surface area contributed by atoms with E-state index in [2.05, 4.69) is 97.9 Å². The first-order valence-corrected chi connectivity index (χ1v) is 16.1. The molecule has 0 saturated heterocycles. The number of carbonyl (C=O) groups is 1. The van der Waals surface area contributed by atoms with Crippen molar-refractivity contribution in [1.29, 1.82) is 0 Å². The Morgan fingerprint density at radius 1 is 0.735 bits per heavy atom. The highest BCUT2D eigenvalue weighted by atomic mass is 19.1. The van der Waals surface area contributed by atoms with Crippen molar-refractivity contribution in [2.24, 2.45) is 0 Å². The average Bonchev–Trinajstić information content (AvgIpc) is 3.75. The number of fused-ring (bicyclic) bond motifs is 2. The molecule has 0 saturated carbocycles. The lowest BCUT2D eigenvalue weighted by atomic mass is 9.77. The molecule has 5 aromatic carbocycles. The molecular weight excluding hydrogens is 611 g/mol. The van der Waals surface area contributed by atoms with Crippen molar-refractivity contribution in [2.45, 2.75) is 18.5 Å². The van der Waals surface area contributed by atoms with Gasteiger partial charge >= 0.3 is 0 Å². The third-order valence-electron chi connectivity index (χ3n) is 9.08. The Kier molecular flexibility index (Phi) is 7.53. The van der Waals surface area contributed by atoms with Gasteiger partial charge in [-0.3, -0.25) is 19.6 Å². The molecule has 49 heavy (non-hydrogen) atoms. The number of benzene rings is 5. The molecule has 0 fully saturated rings. The van der Waals surface area contributed by atoms with Gasteiger partial charge in [0, 0.05) is 23.3 Å². The van der Waals surface area contributed by atoms with Crippen molar-refractivity contribution in [1.82, 2.24) is 30.0 Å². The number of hydrogen-bond acceptors (Lipinski definition) is 4. The predicted molar refractivity (Wildman–Crippen MR) is 190 cm³/mol. The zero-order chi connectivity index (χ0) is 33.4. The van der Waals surface area contributed by atoms with Gasteiger partial charge in [0.2, 0.25) is 5.82 Å². The van der Waals surface area contributed by atoms with Crippen molar-refractivity contribution in [3.63, 3.8) is 0 Å². The van der Waals surface area contributed by atoms with Crippen molar-refractivity contribution in [3.8, 4) is 11.3 Å². The van der Waals surface area contributed by atoms with Gasteiger partial charge in [0.25, 0.3) is 5.91 Å². The van der Waals surface area contributed by atoms with Crippen molar-refractivity contribution in [2.75, 3.05) is 0 Å². The summed E-state index contributed by atoms with van der Waals surface area (Å²) in [5, 5.41) is 7.70. The number of carbonyl (C=O) groups excluding carboxylic acids is 1. The summed E-state index contributed by atoms with van der Waals surface area (Å²) < 4.78 is 15.7. The molecule has 0 bridgehead atoms.